The molecule has 0 aromatic carbocycles. The fraction of sp³-hybridized carbons (Fsp3) is 1.00. The summed E-state index contributed by atoms with van der Waals surface area (Å²) < 4.78 is 44.0. The molecule has 1 heterocycles. The Labute approximate surface area is 164 Å². The van der Waals surface area contributed by atoms with Crippen LogP contribution in [0.3, 0.4) is 0 Å². The van der Waals surface area contributed by atoms with E-state index in [0.717, 1.165) is 12.8 Å². The van der Waals surface area contributed by atoms with Gasteiger partial charge in [-0.15, -0.1) is 0 Å². The topological polar surface area (TPSA) is 117 Å². The van der Waals surface area contributed by atoms with Crippen LogP contribution in [-0.4, -0.2) is 90.0 Å². The molecule has 1 saturated carbocycles. The molecule has 0 spiro atoms. The first-order valence-corrected chi connectivity index (χ1v) is 9.34. The lowest BCUT2D eigenvalue weighted by Crippen LogP contribution is -2.58. The maximum Gasteiger partial charge on any atom is 0.238 e. The lowest BCUT2D eigenvalue weighted by atomic mass is 9.92. The molecule has 2 rings (SSSR count). The van der Waals surface area contributed by atoms with Gasteiger partial charge in [0.2, 0.25) is 6.04 Å². The Balaban J connectivity index is 2.12. The average molecular weight is 409 g/mol. The van der Waals surface area contributed by atoms with E-state index in [0.29, 0.717) is 12.8 Å². The normalized spacial score (nSPS) is 33.7. The summed E-state index contributed by atoms with van der Waals surface area (Å²) in [5, 5.41) is 11.4. The van der Waals surface area contributed by atoms with E-state index in [-0.39, 0.29) is 31.9 Å². The molecule has 0 aromatic heterocycles. The minimum atomic E-state index is -0.857. The van der Waals surface area contributed by atoms with Crippen LogP contribution in [0.5, 0.6) is 0 Å². The van der Waals surface area contributed by atoms with E-state index in [1.54, 1.807) is 0 Å². The molecule has 28 heavy (non-hydrogen) atoms. The van der Waals surface area contributed by atoms with Crippen molar-refractivity contribution in [3.05, 3.63) is 10.1 Å². The summed E-state index contributed by atoms with van der Waals surface area (Å²) in [5.41, 5.74) is 0. The van der Waals surface area contributed by atoms with E-state index in [1.165, 1.54) is 21.3 Å². The van der Waals surface area contributed by atoms with Crippen molar-refractivity contribution in [1.29, 1.82) is 0 Å². The molecule has 2 fully saturated rings. The highest BCUT2D eigenvalue weighted by Crippen LogP contribution is 2.30. The number of hydrogen-bond acceptors (Lipinski definition) is 10. The molecule has 0 N–H and O–H groups in total. The first-order chi connectivity index (χ1) is 13.6. The Kier molecular flexibility index (Phi) is 10.5. The summed E-state index contributed by atoms with van der Waals surface area (Å²) in [7, 11) is 4.51. The van der Waals surface area contributed by atoms with E-state index in [4.69, 9.17) is 37.9 Å². The second kappa shape index (κ2) is 12.6. The molecule has 6 atom stereocenters. The Bertz CT molecular complexity index is 454. The Morgan fingerprint density at radius 2 is 1.50 bits per heavy atom. The van der Waals surface area contributed by atoms with Gasteiger partial charge in [-0.1, -0.05) is 6.42 Å². The largest absolute Gasteiger partial charge is 0.359 e. The second-order valence-corrected chi connectivity index (χ2v) is 6.70. The van der Waals surface area contributed by atoms with Gasteiger partial charge in [-0.3, -0.25) is 10.1 Å². The van der Waals surface area contributed by atoms with E-state index < -0.39 is 36.7 Å². The quantitative estimate of drug-likeness (QED) is 0.261. The van der Waals surface area contributed by atoms with Gasteiger partial charge in [-0.2, -0.15) is 0 Å². The van der Waals surface area contributed by atoms with Gasteiger partial charge in [0.25, 0.3) is 0 Å². The molecule has 11 nitrogen and oxygen atoms in total. The van der Waals surface area contributed by atoms with Gasteiger partial charge in [0.05, 0.1) is 6.61 Å². The van der Waals surface area contributed by atoms with Gasteiger partial charge >= 0.3 is 0 Å². The predicted molar refractivity (Wildman–Crippen MR) is 94.1 cm³/mol. The average Bonchev–Trinajstić information content (AvgIpc) is 2.70. The summed E-state index contributed by atoms with van der Waals surface area (Å²) in [6.45, 7) is 0.194. The van der Waals surface area contributed by atoms with Crippen LogP contribution in [0.4, 0.5) is 0 Å². The number of rotatable bonds is 12. The predicted octanol–water partition coefficient (Wildman–Crippen LogP) is 0.915. The van der Waals surface area contributed by atoms with Crippen LogP contribution in [0.2, 0.25) is 0 Å². The van der Waals surface area contributed by atoms with Crippen molar-refractivity contribution in [2.24, 2.45) is 0 Å². The van der Waals surface area contributed by atoms with E-state index in [2.05, 4.69) is 0 Å². The maximum absolute atomic E-state index is 11.4. The highest BCUT2D eigenvalue weighted by Gasteiger charge is 2.47. The van der Waals surface area contributed by atoms with Crippen molar-refractivity contribution in [2.45, 2.75) is 62.4 Å². The third-order valence-corrected chi connectivity index (χ3v) is 4.79. The van der Waals surface area contributed by atoms with Crippen molar-refractivity contribution < 1.29 is 42.8 Å². The first kappa shape index (κ1) is 23.4. The maximum atomic E-state index is 11.4. The van der Waals surface area contributed by atoms with Crippen LogP contribution in [-0.2, 0) is 37.9 Å². The molecule has 1 aliphatic heterocycles. The van der Waals surface area contributed by atoms with Crippen molar-refractivity contribution >= 4 is 0 Å². The van der Waals surface area contributed by atoms with Gasteiger partial charge in [0.1, 0.15) is 44.8 Å². The molecule has 164 valence electrons. The van der Waals surface area contributed by atoms with Crippen LogP contribution < -0.4 is 0 Å². The lowest BCUT2D eigenvalue weighted by molar-refractivity contribution is -0.542. The fourth-order valence-corrected chi connectivity index (χ4v) is 3.48. The van der Waals surface area contributed by atoms with Gasteiger partial charge in [0, 0.05) is 32.7 Å². The SMILES string of the molecule is COCO[C@H]1[C@H](OCOC)COC(O[C@@H]2CCCC[C@@H]2[N+](=O)[O-])[C@@H]1OCOC. The summed E-state index contributed by atoms with van der Waals surface area (Å²) in [6, 6.07) is -0.763. The molecule has 11 heteroatoms. The molecule has 0 aromatic rings. The summed E-state index contributed by atoms with van der Waals surface area (Å²) in [4.78, 5) is 11.1. The molecule has 1 saturated heterocycles. The molecule has 0 radical (unpaired) electrons. The minimum Gasteiger partial charge on any atom is -0.359 e. The lowest BCUT2D eigenvalue weighted by Gasteiger charge is -2.42. The van der Waals surface area contributed by atoms with Crippen molar-refractivity contribution in [2.75, 3.05) is 48.3 Å². The van der Waals surface area contributed by atoms with Gasteiger partial charge in [-0.25, -0.2) is 0 Å². The molecule has 1 unspecified atom stereocenters. The first-order valence-electron chi connectivity index (χ1n) is 9.34. The Hall–Kier alpha value is -0.920. The molecule has 0 amide bonds. The van der Waals surface area contributed by atoms with Crippen LogP contribution in [0.15, 0.2) is 0 Å². The molecule has 0 bridgehead atoms. The molecule has 2 aliphatic rings. The number of methoxy groups -OCH3 is 3. The van der Waals surface area contributed by atoms with Gasteiger partial charge in [0.15, 0.2) is 6.29 Å². The van der Waals surface area contributed by atoms with Gasteiger partial charge < -0.3 is 37.9 Å². The number of ether oxygens (including phenoxy) is 8. The van der Waals surface area contributed by atoms with Gasteiger partial charge in [-0.05, 0) is 12.8 Å². The standard InChI is InChI=1S/C17H31NO10/c1-21-9-25-14-8-24-17(16(27-11-23-3)15(14)26-10-22-2)28-13-7-5-4-6-12(13)18(19)20/h12-17H,4-11H2,1-3H3/t12-,13+,14+,15-,16+,17?/m0/s1. The zero-order chi connectivity index (χ0) is 20.4. The molecular formula is C17H31NO10. The molecular weight excluding hydrogens is 378 g/mol. The number of nitrogens with zero attached hydrogens (tertiary/aromatic N) is 1. The van der Waals surface area contributed by atoms with Crippen LogP contribution >= 0.6 is 0 Å². The minimum absolute atomic E-state index is 0.0119. The third-order valence-electron chi connectivity index (χ3n) is 4.79. The van der Waals surface area contributed by atoms with Crippen molar-refractivity contribution in [3.63, 3.8) is 0 Å². The molecule has 1 aliphatic carbocycles. The van der Waals surface area contributed by atoms with Crippen LogP contribution in [0.1, 0.15) is 25.7 Å². The van der Waals surface area contributed by atoms with Crippen LogP contribution in [0, 0.1) is 10.1 Å². The Morgan fingerprint density at radius 3 is 2.14 bits per heavy atom. The Morgan fingerprint density at radius 1 is 0.893 bits per heavy atom. The smallest absolute Gasteiger partial charge is 0.238 e. The summed E-state index contributed by atoms with van der Waals surface area (Å²) >= 11 is 0. The summed E-state index contributed by atoms with van der Waals surface area (Å²) in [6.07, 6.45) is -0.461. The number of nitro groups is 1. The van der Waals surface area contributed by atoms with Crippen molar-refractivity contribution in [3.8, 4) is 0 Å². The number of hydrogen-bond donors (Lipinski definition) is 0. The van der Waals surface area contributed by atoms with Crippen molar-refractivity contribution in [1.82, 2.24) is 0 Å². The highest BCUT2D eigenvalue weighted by molar-refractivity contribution is 4.88. The highest BCUT2D eigenvalue weighted by atomic mass is 16.8. The van der Waals surface area contributed by atoms with E-state index in [9.17, 15) is 10.1 Å². The zero-order valence-corrected chi connectivity index (χ0v) is 16.7. The van der Waals surface area contributed by atoms with E-state index in [1.807, 2.05) is 0 Å². The van der Waals surface area contributed by atoms with E-state index >= 15 is 0 Å². The second-order valence-electron chi connectivity index (χ2n) is 6.70. The zero-order valence-electron chi connectivity index (χ0n) is 16.7. The fourth-order valence-electron chi connectivity index (χ4n) is 3.48. The third kappa shape index (κ3) is 6.56. The summed E-state index contributed by atoms with van der Waals surface area (Å²) in [5.74, 6) is 0. The monoisotopic (exact) mass is 409 g/mol. The van der Waals surface area contributed by atoms with Crippen LogP contribution in [0.25, 0.3) is 0 Å².